The number of methoxy groups -OCH3 is 1. The van der Waals surface area contributed by atoms with E-state index in [1.807, 2.05) is 31.2 Å². The Balaban J connectivity index is 1.93. The van der Waals surface area contributed by atoms with Crippen LogP contribution in [0.3, 0.4) is 0 Å². The maximum absolute atomic E-state index is 12.3. The second-order valence-corrected chi connectivity index (χ2v) is 6.76. The Morgan fingerprint density at radius 3 is 2.86 bits per heavy atom. The van der Waals surface area contributed by atoms with Crippen molar-refractivity contribution in [1.82, 2.24) is 4.90 Å². The monoisotopic (exact) mass is 338 g/mol. The Labute approximate surface area is 139 Å². The number of hydrogen-bond acceptors (Lipinski definition) is 5. The predicted molar refractivity (Wildman–Crippen MR) is 92.0 cm³/mol. The largest absolute Gasteiger partial charge is 0.383 e. The van der Waals surface area contributed by atoms with E-state index in [1.54, 1.807) is 7.11 Å². The minimum atomic E-state index is -0.451. The molecule has 22 heavy (non-hydrogen) atoms. The third-order valence-electron chi connectivity index (χ3n) is 3.31. The Kier molecular flexibility index (Phi) is 5.93. The van der Waals surface area contributed by atoms with Crippen molar-refractivity contribution in [2.45, 2.75) is 18.6 Å². The van der Waals surface area contributed by atoms with Crippen molar-refractivity contribution in [3.05, 3.63) is 29.8 Å². The van der Waals surface area contributed by atoms with E-state index in [9.17, 15) is 9.59 Å². The van der Waals surface area contributed by atoms with Crippen molar-refractivity contribution in [1.29, 1.82) is 0 Å². The van der Waals surface area contributed by atoms with Crippen molar-refractivity contribution in [2.24, 2.45) is 0 Å². The molecule has 1 heterocycles. The van der Waals surface area contributed by atoms with Gasteiger partial charge in [0.2, 0.25) is 11.8 Å². The molecule has 1 N–H and O–H groups in total. The fourth-order valence-corrected chi connectivity index (χ4v) is 3.64. The molecule has 1 aliphatic heterocycles. The fraction of sp³-hybridized carbons (Fsp3) is 0.400. The van der Waals surface area contributed by atoms with Crippen LogP contribution >= 0.6 is 24.0 Å². The van der Waals surface area contributed by atoms with Crippen molar-refractivity contribution >= 4 is 45.8 Å². The number of benzene rings is 1. The Hall–Kier alpha value is -1.44. The van der Waals surface area contributed by atoms with E-state index in [1.165, 1.54) is 16.7 Å². The average Bonchev–Trinajstić information content (AvgIpc) is 2.74. The lowest BCUT2D eigenvalue weighted by molar-refractivity contribution is -0.128. The molecule has 2 amide bonds. The molecule has 118 valence electrons. The standard InChI is InChI=1S/C15H18N2O3S2/c1-10-5-3-4-6-11(10)16-13(18)9-12-14(19)17(7-8-20-2)15(21)22-12/h3-6,12H,7-9H2,1-2H3,(H,16,18). The number of nitrogens with zero attached hydrogens (tertiary/aromatic N) is 1. The van der Waals surface area contributed by atoms with Gasteiger partial charge in [0.05, 0.1) is 18.4 Å². The summed E-state index contributed by atoms with van der Waals surface area (Å²) in [6.45, 7) is 2.78. The first-order valence-electron chi connectivity index (χ1n) is 6.89. The van der Waals surface area contributed by atoms with Crippen LogP contribution in [0.4, 0.5) is 5.69 Å². The molecule has 1 aromatic carbocycles. The maximum Gasteiger partial charge on any atom is 0.242 e. The van der Waals surface area contributed by atoms with Crippen LogP contribution in [-0.4, -0.2) is 46.5 Å². The molecule has 0 aliphatic carbocycles. The summed E-state index contributed by atoms with van der Waals surface area (Å²) in [5, 5.41) is 2.39. The van der Waals surface area contributed by atoms with Gasteiger partial charge in [0.1, 0.15) is 4.32 Å². The van der Waals surface area contributed by atoms with Gasteiger partial charge in [0.25, 0.3) is 0 Å². The lowest BCUT2D eigenvalue weighted by Gasteiger charge is -2.14. The SMILES string of the molecule is COCCN1C(=O)C(CC(=O)Nc2ccccc2C)SC1=S. The third kappa shape index (κ3) is 4.06. The van der Waals surface area contributed by atoms with Crippen molar-refractivity contribution in [2.75, 3.05) is 25.6 Å². The van der Waals surface area contributed by atoms with E-state index in [4.69, 9.17) is 17.0 Å². The van der Waals surface area contributed by atoms with Crippen molar-refractivity contribution in [3.8, 4) is 0 Å². The van der Waals surface area contributed by atoms with Gasteiger partial charge in [-0.25, -0.2) is 0 Å². The summed E-state index contributed by atoms with van der Waals surface area (Å²) in [6.07, 6.45) is 0.113. The number of carbonyl (C=O) groups is 2. The second-order valence-electron chi connectivity index (χ2n) is 4.92. The molecule has 1 unspecified atom stereocenters. The van der Waals surface area contributed by atoms with Crippen LogP contribution in [0, 0.1) is 6.92 Å². The van der Waals surface area contributed by atoms with Crippen LogP contribution in [-0.2, 0) is 14.3 Å². The van der Waals surface area contributed by atoms with Crippen LogP contribution < -0.4 is 5.32 Å². The summed E-state index contributed by atoms with van der Waals surface area (Å²) >= 11 is 6.46. The summed E-state index contributed by atoms with van der Waals surface area (Å²) in [7, 11) is 1.57. The smallest absolute Gasteiger partial charge is 0.242 e. The van der Waals surface area contributed by atoms with Crippen LogP contribution in [0.25, 0.3) is 0 Å². The maximum atomic E-state index is 12.3. The molecule has 2 rings (SSSR count). The summed E-state index contributed by atoms with van der Waals surface area (Å²) in [4.78, 5) is 25.9. The van der Waals surface area contributed by atoms with Gasteiger partial charge in [-0.05, 0) is 18.6 Å². The summed E-state index contributed by atoms with van der Waals surface area (Å²) in [5.74, 6) is -0.302. The average molecular weight is 338 g/mol. The molecule has 1 atom stereocenters. The van der Waals surface area contributed by atoms with Gasteiger partial charge in [-0.2, -0.15) is 0 Å². The predicted octanol–water partition coefficient (Wildman–Crippen LogP) is 2.20. The summed E-state index contributed by atoms with van der Waals surface area (Å²) in [6, 6.07) is 7.53. The molecule has 5 nitrogen and oxygen atoms in total. The Morgan fingerprint density at radius 2 is 2.18 bits per heavy atom. The van der Waals surface area contributed by atoms with Gasteiger partial charge < -0.3 is 10.1 Å². The van der Waals surface area contributed by atoms with Crippen LogP contribution in [0.15, 0.2) is 24.3 Å². The molecule has 1 fully saturated rings. The first-order valence-corrected chi connectivity index (χ1v) is 8.18. The van der Waals surface area contributed by atoms with E-state index in [0.717, 1.165) is 11.3 Å². The van der Waals surface area contributed by atoms with Gasteiger partial charge in [-0.1, -0.05) is 42.2 Å². The van der Waals surface area contributed by atoms with Crippen molar-refractivity contribution in [3.63, 3.8) is 0 Å². The highest BCUT2D eigenvalue weighted by molar-refractivity contribution is 8.24. The normalized spacial score (nSPS) is 17.9. The van der Waals surface area contributed by atoms with Gasteiger partial charge in [-0.3, -0.25) is 14.5 Å². The van der Waals surface area contributed by atoms with Gasteiger partial charge in [-0.15, -0.1) is 0 Å². The first-order chi connectivity index (χ1) is 10.5. The zero-order chi connectivity index (χ0) is 16.1. The number of thiocarbonyl (C=S) groups is 1. The number of anilines is 1. The molecule has 0 radical (unpaired) electrons. The van der Waals surface area contributed by atoms with E-state index in [-0.39, 0.29) is 18.2 Å². The number of amides is 2. The fourth-order valence-electron chi connectivity index (χ4n) is 2.10. The molecule has 1 saturated heterocycles. The molecular formula is C15H18N2O3S2. The molecule has 0 aromatic heterocycles. The lowest BCUT2D eigenvalue weighted by Crippen LogP contribution is -2.35. The third-order valence-corrected chi connectivity index (χ3v) is 4.90. The quantitative estimate of drug-likeness (QED) is 0.806. The first kappa shape index (κ1) is 16.9. The number of aryl methyl sites for hydroxylation is 1. The zero-order valence-electron chi connectivity index (χ0n) is 12.5. The summed E-state index contributed by atoms with van der Waals surface area (Å²) < 4.78 is 5.48. The van der Waals surface area contributed by atoms with E-state index >= 15 is 0 Å². The minimum Gasteiger partial charge on any atom is -0.383 e. The highest BCUT2D eigenvalue weighted by atomic mass is 32.2. The number of rotatable bonds is 6. The molecule has 0 spiro atoms. The molecule has 0 bridgehead atoms. The second kappa shape index (κ2) is 7.71. The van der Waals surface area contributed by atoms with Crippen LogP contribution in [0.2, 0.25) is 0 Å². The van der Waals surface area contributed by atoms with Gasteiger partial charge >= 0.3 is 0 Å². The molecule has 7 heteroatoms. The highest BCUT2D eigenvalue weighted by Crippen LogP contribution is 2.29. The van der Waals surface area contributed by atoms with Gasteiger partial charge in [0.15, 0.2) is 0 Å². The zero-order valence-corrected chi connectivity index (χ0v) is 14.1. The number of para-hydroxylation sites is 1. The van der Waals surface area contributed by atoms with Crippen LogP contribution in [0.1, 0.15) is 12.0 Å². The topological polar surface area (TPSA) is 58.6 Å². The van der Waals surface area contributed by atoms with Gasteiger partial charge in [0, 0.05) is 19.2 Å². The van der Waals surface area contributed by atoms with Crippen molar-refractivity contribution < 1.29 is 14.3 Å². The molecule has 1 aliphatic rings. The van der Waals surface area contributed by atoms with E-state index in [0.29, 0.717) is 17.5 Å². The molecular weight excluding hydrogens is 320 g/mol. The van der Waals surface area contributed by atoms with Crippen LogP contribution in [0.5, 0.6) is 0 Å². The van der Waals surface area contributed by atoms with E-state index in [2.05, 4.69) is 5.32 Å². The number of thioether (sulfide) groups is 1. The number of ether oxygens (including phenoxy) is 1. The highest BCUT2D eigenvalue weighted by Gasteiger charge is 2.37. The van der Waals surface area contributed by atoms with E-state index < -0.39 is 5.25 Å². The summed E-state index contributed by atoms with van der Waals surface area (Å²) in [5.41, 5.74) is 1.75. The lowest BCUT2D eigenvalue weighted by atomic mass is 10.2. The Bertz CT molecular complexity index is 592. The molecule has 1 aromatic rings. The minimum absolute atomic E-state index is 0.113. The number of hydrogen-bond donors (Lipinski definition) is 1. The molecule has 0 saturated carbocycles. The number of carbonyl (C=O) groups excluding carboxylic acids is 2. The Morgan fingerprint density at radius 1 is 1.45 bits per heavy atom. The number of nitrogens with one attached hydrogen (secondary N) is 1.